The molecule has 0 spiro atoms. The molecule has 2 amide bonds. The van der Waals surface area contributed by atoms with Crippen molar-refractivity contribution in [3.05, 3.63) is 0 Å². The topological polar surface area (TPSA) is 72.9 Å². The lowest BCUT2D eigenvalue weighted by Crippen LogP contribution is -2.48. The van der Waals surface area contributed by atoms with E-state index in [-0.39, 0.29) is 18.6 Å². The lowest BCUT2D eigenvalue weighted by Gasteiger charge is -2.57. The second kappa shape index (κ2) is 8.21. The molecule has 28 heavy (non-hydrogen) atoms. The smallest absolute Gasteiger partial charge is 0.317 e. The van der Waals surface area contributed by atoms with Gasteiger partial charge in [-0.2, -0.15) is 0 Å². The predicted octanol–water partition coefficient (Wildman–Crippen LogP) is 3.17. The highest BCUT2D eigenvalue weighted by molar-refractivity contribution is 5.74. The maximum absolute atomic E-state index is 12.7. The Kier molecular flexibility index (Phi) is 5.86. The molecule has 1 saturated heterocycles. The zero-order valence-corrected chi connectivity index (χ0v) is 17.4. The van der Waals surface area contributed by atoms with Crippen molar-refractivity contribution < 1.29 is 14.7 Å². The maximum Gasteiger partial charge on any atom is 0.317 e. The van der Waals surface area contributed by atoms with Crippen molar-refractivity contribution in [2.75, 3.05) is 33.2 Å². The van der Waals surface area contributed by atoms with Crippen molar-refractivity contribution in [3.8, 4) is 0 Å². The number of aliphatic carboxylic acids is 1. The van der Waals surface area contributed by atoms with Gasteiger partial charge in [0.1, 0.15) is 0 Å². The first-order valence-electron chi connectivity index (χ1n) is 11.4. The molecule has 1 atom stereocenters. The molecule has 158 valence electrons. The highest BCUT2D eigenvalue weighted by atomic mass is 16.4. The van der Waals surface area contributed by atoms with Gasteiger partial charge in [-0.1, -0.05) is 0 Å². The lowest BCUT2D eigenvalue weighted by molar-refractivity contribution is -0.138. The summed E-state index contributed by atoms with van der Waals surface area (Å²) < 4.78 is 0. The van der Waals surface area contributed by atoms with E-state index in [0.717, 1.165) is 63.1 Å². The predicted molar refractivity (Wildman–Crippen MR) is 108 cm³/mol. The number of carbonyl (C=O) groups excluding carboxylic acids is 1. The second-order valence-corrected chi connectivity index (χ2v) is 10.3. The summed E-state index contributed by atoms with van der Waals surface area (Å²) >= 11 is 0. The number of rotatable bonds is 6. The Morgan fingerprint density at radius 1 is 1.07 bits per heavy atom. The third kappa shape index (κ3) is 4.47. The molecule has 2 N–H and O–H groups in total. The lowest BCUT2D eigenvalue weighted by atomic mass is 9.49. The first kappa shape index (κ1) is 20.0. The summed E-state index contributed by atoms with van der Waals surface area (Å²) in [6, 6.07) is 0.326. The summed E-state index contributed by atoms with van der Waals surface area (Å²) in [7, 11) is 1.87. The van der Waals surface area contributed by atoms with Gasteiger partial charge in [0.25, 0.3) is 0 Å². The number of hydrogen-bond donors (Lipinski definition) is 2. The van der Waals surface area contributed by atoms with Crippen molar-refractivity contribution in [2.24, 2.45) is 23.2 Å². The van der Waals surface area contributed by atoms with Crippen LogP contribution in [0, 0.1) is 23.2 Å². The largest absolute Gasteiger partial charge is 0.480 e. The van der Waals surface area contributed by atoms with Crippen LogP contribution in [0.4, 0.5) is 4.79 Å². The molecular formula is C22H37N3O3. The molecule has 4 bridgehead atoms. The summed E-state index contributed by atoms with van der Waals surface area (Å²) in [6.45, 7) is 2.38. The van der Waals surface area contributed by atoms with Crippen molar-refractivity contribution >= 4 is 12.0 Å². The molecule has 1 heterocycles. The number of likely N-dealkylation sites (N-methyl/N-ethyl adjacent to an activating group) is 1. The number of carbonyl (C=O) groups is 2. The van der Waals surface area contributed by atoms with Crippen LogP contribution in [0.2, 0.25) is 0 Å². The maximum atomic E-state index is 12.7. The van der Waals surface area contributed by atoms with E-state index in [1.807, 2.05) is 16.8 Å². The normalized spacial score (nSPS) is 37.1. The van der Waals surface area contributed by atoms with E-state index in [1.54, 1.807) is 0 Å². The monoisotopic (exact) mass is 391 g/mol. The van der Waals surface area contributed by atoms with Crippen molar-refractivity contribution in [1.82, 2.24) is 15.1 Å². The van der Waals surface area contributed by atoms with Crippen LogP contribution >= 0.6 is 0 Å². The fourth-order valence-electron chi connectivity index (χ4n) is 7.21. The molecule has 1 aliphatic heterocycles. The Morgan fingerprint density at radius 3 is 2.32 bits per heavy atom. The Balaban J connectivity index is 1.22. The Morgan fingerprint density at radius 2 is 1.71 bits per heavy atom. The van der Waals surface area contributed by atoms with Gasteiger partial charge >= 0.3 is 12.0 Å². The first-order chi connectivity index (χ1) is 13.4. The SMILES string of the molecule is CN(CC(=O)O)C1CCCN(C(=O)NCCC23CC4CC(CC(C4)C2)C3)CC1. The first-order valence-corrected chi connectivity index (χ1v) is 11.4. The fraction of sp³-hybridized carbons (Fsp3) is 0.909. The average molecular weight is 392 g/mol. The zero-order valence-electron chi connectivity index (χ0n) is 17.4. The van der Waals surface area contributed by atoms with E-state index in [0.29, 0.717) is 5.41 Å². The summed E-state index contributed by atoms with van der Waals surface area (Å²) in [4.78, 5) is 27.5. The standard InChI is InChI=1S/C22H37N3O3/c1-24(15-20(26)27)19-3-2-7-25(8-4-19)21(28)23-6-5-22-12-16-9-17(13-22)11-18(10-16)14-22/h16-19H,2-15H2,1H3,(H,23,28)(H,26,27). The zero-order chi connectivity index (χ0) is 19.7. The van der Waals surface area contributed by atoms with E-state index in [9.17, 15) is 9.59 Å². The van der Waals surface area contributed by atoms with Crippen LogP contribution in [0.25, 0.3) is 0 Å². The second-order valence-electron chi connectivity index (χ2n) is 10.3. The van der Waals surface area contributed by atoms with Gasteiger partial charge in [-0.3, -0.25) is 9.69 Å². The van der Waals surface area contributed by atoms with Crippen LogP contribution in [0.5, 0.6) is 0 Å². The minimum atomic E-state index is -0.786. The van der Waals surface area contributed by atoms with Gasteiger partial charge in [-0.25, -0.2) is 4.79 Å². The van der Waals surface area contributed by atoms with E-state index in [2.05, 4.69) is 5.32 Å². The van der Waals surface area contributed by atoms with Gasteiger partial charge in [0.05, 0.1) is 6.54 Å². The number of likely N-dealkylation sites (tertiary alicyclic amines) is 1. The summed E-state index contributed by atoms with van der Waals surface area (Å²) in [5.41, 5.74) is 0.519. The molecule has 0 radical (unpaired) electrons. The minimum absolute atomic E-state index is 0.0714. The van der Waals surface area contributed by atoms with Gasteiger partial charge in [-0.05, 0) is 94.4 Å². The summed E-state index contributed by atoms with van der Waals surface area (Å²) in [6.07, 6.45) is 12.5. The molecule has 0 aromatic heterocycles. The molecule has 6 nitrogen and oxygen atoms in total. The molecule has 4 aliphatic carbocycles. The van der Waals surface area contributed by atoms with Gasteiger partial charge in [-0.15, -0.1) is 0 Å². The van der Waals surface area contributed by atoms with Crippen molar-refractivity contribution in [3.63, 3.8) is 0 Å². The van der Waals surface area contributed by atoms with Crippen molar-refractivity contribution in [1.29, 1.82) is 0 Å². The molecular weight excluding hydrogens is 354 g/mol. The quantitative estimate of drug-likeness (QED) is 0.729. The molecule has 4 saturated carbocycles. The molecule has 6 heteroatoms. The fourth-order valence-corrected chi connectivity index (χ4v) is 7.21. The Hall–Kier alpha value is -1.30. The highest BCUT2D eigenvalue weighted by Gasteiger charge is 2.50. The van der Waals surface area contributed by atoms with E-state index < -0.39 is 5.97 Å². The Bertz CT molecular complexity index is 558. The molecule has 5 aliphatic rings. The van der Waals surface area contributed by atoms with Gasteiger partial charge in [0, 0.05) is 25.7 Å². The van der Waals surface area contributed by atoms with Crippen LogP contribution in [0.3, 0.4) is 0 Å². The molecule has 1 unspecified atom stereocenters. The molecule has 0 aromatic carbocycles. The molecule has 0 aromatic rings. The molecule has 5 rings (SSSR count). The van der Waals surface area contributed by atoms with Crippen LogP contribution in [0.1, 0.15) is 64.2 Å². The number of nitrogens with zero attached hydrogens (tertiary/aromatic N) is 2. The third-order valence-corrected chi connectivity index (χ3v) is 8.09. The number of urea groups is 1. The number of hydrogen-bond acceptors (Lipinski definition) is 3. The van der Waals surface area contributed by atoms with Crippen LogP contribution < -0.4 is 5.32 Å². The van der Waals surface area contributed by atoms with E-state index in [4.69, 9.17) is 5.11 Å². The number of nitrogens with one attached hydrogen (secondary N) is 1. The van der Waals surface area contributed by atoms with Crippen LogP contribution in [-0.2, 0) is 4.79 Å². The Labute approximate surface area is 169 Å². The number of amides is 2. The average Bonchev–Trinajstić information content (AvgIpc) is 2.86. The number of carboxylic acid groups (broad SMARTS) is 1. The van der Waals surface area contributed by atoms with Gasteiger partial charge in [0.2, 0.25) is 0 Å². The van der Waals surface area contributed by atoms with Gasteiger partial charge < -0.3 is 15.3 Å². The van der Waals surface area contributed by atoms with E-state index in [1.165, 1.54) is 38.5 Å². The van der Waals surface area contributed by atoms with Crippen LogP contribution in [-0.4, -0.2) is 66.2 Å². The van der Waals surface area contributed by atoms with Crippen LogP contribution in [0.15, 0.2) is 0 Å². The highest BCUT2D eigenvalue weighted by Crippen LogP contribution is 2.61. The third-order valence-electron chi connectivity index (χ3n) is 8.09. The summed E-state index contributed by atoms with van der Waals surface area (Å²) in [5.74, 6) is 2.11. The van der Waals surface area contributed by atoms with E-state index >= 15 is 0 Å². The summed E-state index contributed by atoms with van der Waals surface area (Å²) in [5, 5.41) is 12.2. The number of carboxylic acids is 1. The minimum Gasteiger partial charge on any atom is -0.480 e. The molecule has 5 fully saturated rings. The van der Waals surface area contributed by atoms with Crippen molar-refractivity contribution in [2.45, 2.75) is 70.3 Å². The van der Waals surface area contributed by atoms with Gasteiger partial charge in [0.15, 0.2) is 0 Å².